The van der Waals surface area contributed by atoms with Crippen molar-refractivity contribution in [2.24, 2.45) is 23.7 Å². The first-order valence-electron chi connectivity index (χ1n) is 14.3. The van der Waals surface area contributed by atoms with Gasteiger partial charge in [0.15, 0.2) is 5.78 Å². The van der Waals surface area contributed by atoms with Crippen LogP contribution in [0.1, 0.15) is 80.8 Å². The Kier molecular flexibility index (Phi) is 11.4. The molecule has 8 nitrogen and oxygen atoms in total. The molecule has 1 aliphatic rings. The van der Waals surface area contributed by atoms with Crippen LogP contribution >= 0.6 is 0 Å². The molecule has 1 aliphatic carbocycles. The van der Waals surface area contributed by atoms with Gasteiger partial charge in [-0.1, -0.05) is 20.3 Å². The summed E-state index contributed by atoms with van der Waals surface area (Å²) in [5, 5.41) is 31.0. The molecule has 0 fully saturated rings. The van der Waals surface area contributed by atoms with Crippen LogP contribution < -0.4 is 4.74 Å². The van der Waals surface area contributed by atoms with Crippen LogP contribution in [-0.4, -0.2) is 58.0 Å². The number of methoxy groups -OCH3 is 1. The minimum absolute atomic E-state index is 0.0451. The molecular formula is C32H43NO7. The summed E-state index contributed by atoms with van der Waals surface area (Å²) in [5.41, 5.74) is 3.49. The summed E-state index contributed by atoms with van der Waals surface area (Å²) in [6.07, 6.45) is 5.39. The number of aryl methyl sites for hydroxylation is 1. The van der Waals surface area contributed by atoms with Gasteiger partial charge in [-0.25, -0.2) is 4.98 Å². The van der Waals surface area contributed by atoms with E-state index in [1.165, 1.54) is 6.92 Å². The topological polar surface area (TPSA) is 134 Å². The summed E-state index contributed by atoms with van der Waals surface area (Å²) in [6, 6.07) is 5.62. The lowest BCUT2D eigenvalue weighted by atomic mass is 9.72. The Labute approximate surface area is 236 Å². The van der Waals surface area contributed by atoms with E-state index in [1.54, 1.807) is 19.4 Å². The Morgan fingerprint density at radius 3 is 2.50 bits per heavy atom. The number of pyridine rings is 1. The molecule has 1 heterocycles. The standard InChI is InChI=1S/C32H43NO7/c1-5-19(2)6-7-23-16-25(24-8-9-30(40-4)33-17-24)26-14-21(15-29(38)31(26)32(23)39)13-22(10-11-34)27(18-35)28(37)12-20(3)36/h8-9,16-17,19,21-22,27,34-35,39H,5-7,10-15,18H2,1-4H3. The van der Waals surface area contributed by atoms with Crippen LogP contribution in [0.3, 0.4) is 0 Å². The van der Waals surface area contributed by atoms with E-state index in [2.05, 4.69) is 18.8 Å². The van der Waals surface area contributed by atoms with Crippen molar-refractivity contribution in [1.29, 1.82) is 0 Å². The lowest BCUT2D eigenvalue weighted by molar-refractivity contribution is -0.131. The number of ether oxygens (including phenoxy) is 1. The first-order chi connectivity index (χ1) is 19.1. The van der Waals surface area contributed by atoms with Gasteiger partial charge in [-0.15, -0.1) is 0 Å². The Bertz CT molecular complexity index is 1190. The van der Waals surface area contributed by atoms with Gasteiger partial charge in [0.05, 0.1) is 25.7 Å². The fourth-order valence-corrected chi connectivity index (χ4v) is 5.85. The molecule has 8 heteroatoms. The number of hydrogen-bond acceptors (Lipinski definition) is 8. The van der Waals surface area contributed by atoms with E-state index < -0.39 is 12.5 Å². The molecule has 1 aromatic carbocycles. The van der Waals surface area contributed by atoms with E-state index in [0.29, 0.717) is 36.6 Å². The van der Waals surface area contributed by atoms with Crippen molar-refractivity contribution in [3.63, 3.8) is 0 Å². The van der Waals surface area contributed by atoms with Gasteiger partial charge in [-0.05, 0) is 85.6 Å². The third-order valence-corrected chi connectivity index (χ3v) is 8.33. The molecule has 0 saturated carbocycles. The van der Waals surface area contributed by atoms with Gasteiger partial charge in [0, 0.05) is 36.8 Å². The second kappa shape index (κ2) is 14.5. The molecule has 0 aliphatic heterocycles. The van der Waals surface area contributed by atoms with Crippen molar-refractivity contribution in [3.8, 4) is 22.8 Å². The quantitative estimate of drug-likeness (QED) is 0.270. The van der Waals surface area contributed by atoms with E-state index in [-0.39, 0.29) is 60.8 Å². The van der Waals surface area contributed by atoms with Crippen molar-refractivity contribution in [3.05, 3.63) is 41.1 Å². The minimum Gasteiger partial charge on any atom is -0.507 e. The summed E-state index contributed by atoms with van der Waals surface area (Å²) in [4.78, 5) is 42.3. The number of aromatic hydroxyl groups is 1. The number of hydrogen-bond donors (Lipinski definition) is 3. The fourth-order valence-electron chi connectivity index (χ4n) is 5.85. The second-order valence-corrected chi connectivity index (χ2v) is 11.3. The fraction of sp³-hybridized carbons (Fsp3) is 0.562. The number of Topliss-reactive ketones (excluding diaryl/α,β-unsaturated/α-hetero) is 3. The molecule has 0 spiro atoms. The predicted octanol–water partition coefficient (Wildman–Crippen LogP) is 4.73. The SMILES string of the molecule is CCC(C)CCc1cc(-c2ccc(OC)nc2)c2c(c1O)C(=O)CC(CC(CCO)C(CO)C(=O)CC(C)=O)C2. The smallest absolute Gasteiger partial charge is 0.212 e. The maximum Gasteiger partial charge on any atom is 0.212 e. The van der Waals surface area contributed by atoms with E-state index in [0.717, 1.165) is 35.1 Å². The first-order valence-corrected chi connectivity index (χ1v) is 14.3. The summed E-state index contributed by atoms with van der Waals surface area (Å²) < 4.78 is 5.22. The maximum absolute atomic E-state index is 13.6. The predicted molar refractivity (Wildman–Crippen MR) is 152 cm³/mol. The lowest BCUT2D eigenvalue weighted by Gasteiger charge is -2.32. The normalized spacial score (nSPS) is 17.1. The van der Waals surface area contributed by atoms with Gasteiger partial charge in [-0.2, -0.15) is 0 Å². The molecule has 0 bridgehead atoms. The first kappa shape index (κ1) is 31.4. The number of phenols is 1. The number of phenolic OH excluding ortho intramolecular Hbond substituents is 1. The Morgan fingerprint density at radius 2 is 1.93 bits per heavy atom. The number of aliphatic hydroxyl groups excluding tert-OH is 2. The average molecular weight is 554 g/mol. The van der Waals surface area contributed by atoms with E-state index in [9.17, 15) is 29.7 Å². The number of fused-ring (bicyclic) bond motifs is 1. The summed E-state index contributed by atoms with van der Waals surface area (Å²) in [7, 11) is 1.55. The molecule has 40 heavy (non-hydrogen) atoms. The van der Waals surface area contributed by atoms with Crippen molar-refractivity contribution in [1.82, 2.24) is 4.98 Å². The third-order valence-electron chi connectivity index (χ3n) is 8.33. The maximum atomic E-state index is 13.6. The van der Waals surface area contributed by atoms with Gasteiger partial charge < -0.3 is 20.1 Å². The van der Waals surface area contributed by atoms with Crippen LogP contribution in [0.25, 0.3) is 11.1 Å². The number of aromatic nitrogens is 1. The summed E-state index contributed by atoms with van der Waals surface area (Å²) >= 11 is 0. The molecule has 3 rings (SSSR count). The molecule has 1 aromatic heterocycles. The molecule has 0 radical (unpaired) electrons. The second-order valence-electron chi connectivity index (χ2n) is 11.3. The number of aliphatic hydroxyl groups is 2. The van der Waals surface area contributed by atoms with Crippen LogP contribution in [0.2, 0.25) is 0 Å². The van der Waals surface area contributed by atoms with Crippen LogP contribution in [0.5, 0.6) is 11.6 Å². The van der Waals surface area contributed by atoms with Crippen LogP contribution in [0.15, 0.2) is 24.4 Å². The number of rotatable bonds is 15. The van der Waals surface area contributed by atoms with E-state index in [4.69, 9.17) is 4.74 Å². The van der Waals surface area contributed by atoms with Crippen LogP contribution in [0, 0.1) is 23.7 Å². The number of carbonyl (C=O) groups is 3. The van der Waals surface area contributed by atoms with E-state index in [1.807, 2.05) is 12.1 Å². The summed E-state index contributed by atoms with van der Waals surface area (Å²) in [6.45, 7) is 5.05. The Balaban J connectivity index is 2.01. The van der Waals surface area contributed by atoms with Crippen molar-refractivity contribution in [2.75, 3.05) is 20.3 Å². The highest BCUT2D eigenvalue weighted by Crippen LogP contribution is 2.43. The molecule has 0 amide bonds. The van der Waals surface area contributed by atoms with Gasteiger partial charge in [0.2, 0.25) is 5.88 Å². The zero-order chi connectivity index (χ0) is 29.4. The van der Waals surface area contributed by atoms with Crippen molar-refractivity contribution in [2.45, 2.75) is 72.1 Å². The third kappa shape index (κ3) is 7.55. The van der Waals surface area contributed by atoms with Crippen LogP contribution in [-0.2, 0) is 22.4 Å². The molecular weight excluding hydrogens is 510 g/mol. The van der Waals surface area contributed by atoms with Gasteiger partial charge in [-0.3, -0.25) is 14.4 Å². The highest BCUT2D eigenvalue weighted by molar-refractivity contribution is 6.03. The number of nitrogens with zero attached hydrogens (tertiary/aromatic N) is 1. The largest absolute Gasteiger partial charge is 0.507 e. The Hall–Kier alpha value is -3.10. The monoisotopic (exact) mass is 553 g/mol. The molecule has 0 saturated heterocycles. The lowest BCUT2D eigenvalue weighted by Crippen LogP contribution is -2.32. The van der Waals surface area contributed by atoms with Gasteiger partial charge in [0.25, 0.3) is 0 Å². The van der Waals surface area contributed by atoms with Crippen molar-refractivity contribution < 1.29 is 34.4 Å². The molecule has 3 N–H and O–H groups in total. The number of ketones is 3. The molecule has 4 unspecified atom stereocenters. The minimum atomic E-state index is -0.783. The summed E-state index contributed by atoms with van der Waals surface area (Å²) in [5.74, 6) is -1.10. The molecule has 2 aromatic rings. The number of benzene rings is 1. The van der Waals surface area contributed by atoms with Crippen molar-refractivity contribution >= 4 is 17.3 Å². The average Bonchev–Trinajstić information content (AvgIpc) is 2.92. The van der Waals surface area contributed by atoms with E-state index >= 15 is 0 Å². The molecule has 218 valence electrons. The highest BCUT2D eigenvalue weighted by atomic mass is 16.5. The van der Waals surface area contributed by atoms with Gasteiger partial charge in [0.1, 0.15) is 17.3 Å². The van der Waals surface area contributed by atoms with Gasteiger partial charge >= 0.3 is 0 Å². The zero-order valence-corrected chi connectivity index (χ0v) is 24.1. The Morgan fingerprint density at radius 1 is 1.18 bits per heavy atom. The molecule has 4 atom stereocenters. The zero-order valence-electron chi connectivity index (χ0n) is 24.1. The van der Waals surface area contributed by atoms with Crippen LogP contribution in [0.4, 0.5) is 0 Å². The number of carbonyl (C=O) groups excluding carboxylic acids is 3. The highest BCUT2D eigenvalue weighted by Gasteiger charge is 2.36.